The number of nitrogens with zero attached hydrogens (tertiary/aromatic N) is 1. The average molecular weight is 548 g/mol. The van der Waals surface area contributed by atoms with Crippen LogP contribution in [0, 0.1) is 17.8 Å². The van der Waals surface area contributed by atoms with Crippen LogP contribution in [-0.4, -0.2) is 67.8 Å². The summed E-state index contributed by atoms with van der Waals surface area (Å²) in [6.45, 7) is 4.63. The number of aromatic hydroxyl groups is 1. The molecule has 8 nitrogen and oxygen atoms in total. The Morgan fingerprint density at radius 1 is 0.975 bits per heavy atom. The van der Waals surface area contributed by atoms with Crippen molar-refractivity contribution in [1.82, 2.24) is 10.2 Å². The van der Waals surface area contributed by atoms with Gasteiger partial charge in [-0.15, -0.1) is 0 Å². The lowest BCUT2D eigenvalue weighted by Crippen LogP contribution is -2.48. The first-order chi connectivity index (χ1) is 19.5. The van der Waals surface area contributed by atoms with Gasteiger partial charge in [0.25, 0.3) is 11.8 Å². The number of anilines is 1. The molecule has 8 heteroatoms. The van der Waals surface area contributed by atoms with Crippen LogP contribution in [0.25, 0.3) is 0 Å². The molecule has 0 aromatic heterocycles. The van der Waals surface area contributed by atoms with E-state index >= 15 is 0 Å². The molecule has 0 atom stereocenters. The smallest absolute Gasteiger partial charge is 0.262 e. The van der Waals surface area contributed by atoms with Gasteiger partial charge in [-0.1, -0.05) is 12.1 Å². The highest BCUT2D eigenvalue weighted by Crippen LogP contribution is 2.60. The van der Waals surface area contributed by atoms with Gasteiger partial charge in [-0.25, -0.2) is 0 Å². The van der Waals surface area contributed by atoms with E-state index in [4.69, 9.17) is 9.47 Å². The SMILES string of the molecule is O=C(COc1ccc(C23CC4CC(CC(C4)C2)C3)cc1)Nc1cc(C(=O)NCCCN2CCOCC2)ccc1O. The number of morpholine rings is 1. The number of ether oxygens (including phenoxy) is 2. The van der Waals surface area contributed by atoms with Gasteiger partial charge in [0.2, 0.25) is 0 Å². The molecule has 5 fully saturated rings. The Balaban J connectivity index is 0.977. The maximum absolute atomic E-state index is 12.6. The molecular formula is C32H41N3O5. The molecule has 2 amide bonds. The van der Waals surface area contributed by atoms with Gasteiger partial charge in [-0.05, 0) is 111 Å². The summed E-state index contributed by atoms with van der Waals surface area (Å²) in [6.07, 6.45) is 9.06. The highest BCUT2D eigenvalue weighted by atomic mass is 16.5. The summed E-state index contributed by atoms with van der Waals surface area (Å²) < 4.78 is 11.1. The first kappa shape index (κ1) is 27.1. The Bertz CT molecular complexity index is 1170. The minimum Gasteiger partial charge on any atom is -0.506 e. The third kappa shape index (κ3) is 6.13. The van der Waals surface area contributed by atoms with E-state index in [1.807, 2.05) is 12.1 Å². The molecule has 40 heavy (non-hydrogen) atoms. The van der Waals surface area contributed by atoms with Crippen LogP contribution in [0.4, 0.5) is 5.69 Å². The number of carbonyl (C=O) groups is 2. The Kier molecular flexibility index (Phi) is 7.98. The van der Waals surface area contributed by atoms with Crippen LogP contribution in [0.1, 0.15) is 60.9 Å². The first-order valence-corrected chi connectivity index (χ1v) is 14.9. The zero-order valence-corrected chi connectivity index (χ0v) is 23.2. The van der Waals surface area contributed by atoms with Crippen molar-refractivity contribution in [3.05, 3.63) is 53.6 Å². The third-order valence-corrected chi connectivity index (χ3v) is 9.45. The van der Waals surface area contributed by atoms with E-state index in [-0.39, 0.29) is 24.0 Å². The molecule has 2 aromatic rings. The van der Waals surface area contributed by atoms with E-state index in [1.165, 1.54) is 56.2 Å². The van der Waals surface area contributed by atoms with Gasteiger partial charge < -0.3 is 25.2 Å². The number of carbonyl (C=O) groups excluding carboxylic acids is 2. The molecule has 4 aliphatic carbocycles. The number of hydrogen-bond donors (Lipinski definition) is 3. The minimum atomic E-state index is -0.400. The number of phenols is 1. The molecule has 214 valence electrons. The van der Waals surface area contributed by atoms with Gasteiger partial charge in [-0.3, -0.25) is 14.5 Å². The summed E-state index contributed by atoms with van der Waals surface area (Å²) in [4.78, 5) is 27.6. The van der Waals surface area contributed by atoms with Crippen LogP contribution < -0.4 is 15.4 Å². The number of nitrogens with one attached hydrogen (secondary N) is 2. The molecule has 0 radical (unpaired) electrons. The zero-order valence-electron chi connectivity index (χ0n) is 23.2. The average Bonchev–Trinajstić information content (AvgIpc) is 2.95. The van der Waals surface area contributed by atoms with E-state index in [0.717, 1.165) is 57.0 Å². The number of phenolic OH excluding ortho intramolecular Hbond substituents is 1. The monoisotopic (exact) mass is 547 g/mol. The second-order valence-corrected chi connectivity index (χ2v) is 12.4. The largest absolute Gasteiger partial charge is 0.506 e. The van der Waals surface area contributed by atoms with E-state index in [9.17, 15) is 14.7 Å². The molecule has 1 heterocycles. The van der Waals surface area contributed by atoms with Crippen molar-refractivity contribution < 1.29 is 24.2 Å². The van der Waals surface area contributed by atoms with Crippen molar-refractivity contribution in [2.75, 3.05) is 51.3 Å². The summed E-state index contributed by atoms with van der Waals surface area (Å²) in [7, 11) is 0. The lowest BCUT2D eigenvalue weighted by molar-refractivity contribution is -0.118. The second kappa shape index (κ2) is 11.8. The fourth-order valence-corrected chi connectivity index (χ4v) is 7.91. The van der Waals surface area contributed by atoms with Crippen molar-refractivity contribution in [3.63, 3.8) is 0 Å². The van der Waals surface area contributed by atoms with Crippen molar-refractivity contribution in [2.45, 2.75) is 50.4 Å². The molecule has 0 spiro atoms. The number of benzene rings is 2. The number of amides is 2. The minimum absolute atomic E-state index is 0.0999. The van der Waals surface area contributed by atoms with E-state index in [0.29, 0.717) is 23.3 Å². The van der Waals surface area contributed by atoms with E-state index in [1.54, 1.807) is 6.07 Å². The molecule has 4 bridgehead atoms. The zero-order chi connectivity index (χ0) is 27.5. The fourth-order valence-electron chi connectivity index (χ4n) is 7.91. The van der Waals surface area contributed by atoms with Crippen LogP contribution in [0.3, 0.4) is 0 Å². The molecule has 0 unspecified atom stereocenters. The van der Waals surface area contributed by atoms with E-state index in [2.05, 4.69) is 27.7 Å². The van der Waals surface area contributed by atoms with Gasteiger partial charge >= 0.3 is 0 Å². The van der Waals surface area contributed by atoms with Crippen LogP contribution in [-0.2, 0) is 14.9 Å². The number of rotatable bonds is 10. The standard InChI is InChI=1S/C32H41N3O5/c36-29-7-2-25(31(38)33-8-1-9-35-10-12-39-13-11-35)17-28(29)34-30(37)21-40-27-5-3-26(4-6-27)32-18-22-14-23(19-32)16-24(15-22)20-32/h2-7,17,22-24,36H,1,8-16,18-21H2,(H,33,38)(H,34,37). The predicted molar refractivity (Wildman–Crippen MR) is 153 cm³/mol. The summed E-state index contributed by atoms with van der Waals surface area (Å²) in [5.74, 6) is 2.60. The summed E-state index contributed by atoms with van der Waals surface area (Å²) in [5.41, 5.74) is 2.32. The Hall–Kier alpha value is -3.10. The van der Waals surface area contributed by atoms with Crippen molar-refractivity contribution >= 4 is 17.5 Å². The number of hydrogen-bond acceptors (Lipinski definition) is 6. The molecular weight excluding hydrogens is 506 g/mol. The summed E-state index contributed by atoms with van der Waals surface area (Å²) >= 11 is 0. The molecule has 3 N–H and O–H groups in total. The van der Waals surface area contributed by atoms with Gasteiger partial charge in [0.05, 0.1) is 18.9 Å². The normalized spacial score (nSPS) is 27.4. The quantitative estimate of drug-likeness (QED) is 0.303. The molecule has 7 rings (SSSR count). The third-order valence-electron chi connectivity index (χ3n) is 9.45. The topological polar surface area (TPSA) is 100 Å². The molecule has 4 saturated carbocycles. The lowest BCUT2D eigenvalue weighted by atomic mass is 9.48. The summed E-state index contributed by atoms with van der Waals surface area (Å²) in [6, 6.07) is 12.8. The van der Waals surface area contributed by atoms with Gasteiger partial charge in [0.1, 0.15) is 11.5 Å². The fraction of sp³-hybridized carbons (Fsp3) is 0.562. The second-order valence-electron chi connectivity index (χ2n) is 12.4. The highest BCUT2D eigenvalue weighted by molar-refractivity contribution is 5.98. The summed E-state index contributed by atoms with van der Waals surface area (Å²) in [5, 5.41) is 15.8. The van der Waals surface area contributed by atoms with Crippen molar-refractivity contribution in [1.29, 1.82) is 0 Å². The van der Waals surface area contributed by atoms with Crippen LogP contribution in [0.15, 0.2) is 42.5 Å². The van der Waals surface area contributed by atoms with Crippen LogP contribution >= 0.6 is 0 Å². The maximum Gasteiger partial charge on any atom is 0.262 e. The van der Waals surface area contributed by atoms with E-state index < -0.39 is 5.91 Å². The van der Waals surface area contributed by atoms with Crippen molar-refractivity contribution in [3.8, 4) is 11.5 Å². The van der Waals surface area contributed by atoms with Gasteiger partial charge in [0.15, 0.2) is 6.61 Å². The molecule has 2 aromatic carbocycles. The Labute approximate surface area is 236 Å². The lowest BCUT2D eigenvalue weighted by Gasteiger charge is -2.57. The van der Waals surface area contributed by atoms with Crippen LogP contribution in [0.2, 0.25) is 0 Å². The Morgan fingerprint density at radius 2 is 1.65 bits per heavy atom. The Morgan fingerprint density at radius 3 is 2.33 bits per heavy atom. The molecule has 1 saturated heterocycles. The molecule has 1 aliphatic heterocycles. The van der Waals surface area contributed by atoms with Gasteiger partial charge in [-0.2, -0.15) is 0 Å². The van der Waals surface area contributed by atoms with Crippen LogP contribution in [0.5, 0.6) is 11.5 Å². The van der Waals surface area contributed by atoms with Gasteiger partial charge in [0, 0.05) is 25.2 Å². The highest BCUT2D eigenvalue weighted by Gasteiger charge is 2.51. The molecule has 5 aliphatic rings. The first-order valence-electron chi connectivity index (χ1n) is 14.9. The predicted octanol–water partition coefficient (Wildman–Crippen LogP) is 4.33. The van der Waals surface area contributed by atoms with Crippen molar-refractivity contribution in [2.24, 2.45) is 17.8 Å². The maximum atomic E-state index is 12.6.